The van der Waals surface area contributed by atoms with Gasteiger partial charge in [-0.2, -0.15) is 0 Å². The van der Waals surface area contributed by atoms with E-state index in [0.29, 0.717) is 25.6 Å². The van der Waals surface area contributed by atoms with Crippen LogP contribution in [0.3, 0.4) is 0 Å². The largest absolute Gasteiger partial charge is 0.443 e. The van der Waals surface area contributed by atoms with Crippen LogP contribution in [-0.2, 0) is 21.4 Å². The van der Waals surface area contributed by atoms with Crippen LogP contribution in [0.2, 0.25) is 0 Å². The number of oxazole rings is 1. The van der Waals surface area contributed by atoms with Crippen LogP contribution in [-0.4, -0.2) is 49.5 Å². The molecule has 7 heteroatoms. The first-order chi connectivity index (χ1) is 11.9. The minimum Gasteiger partial charge on any atom is -0.443 e. The zero-order valence-electron chi connectivity index (χ0n) is 16.1. The summed E-state index contributed by atoms with van der Waals surface area (Å²) < 4.78 is 17.0. The first-order valence-electron chi connectivity index (χ1n) is 9.08. The van der Waals surface area contributed by atoms with Crippen LogP contribution in [0.1, 0.15) is 52.7 Å². The van der Waals surface area contributed by atoms with Crippen LogP contribution < -0.4 is 10.6 Å². The van der Waals surface area contributed by atoms with Gasteiger partial charge in [-0.25, -0.2) is 9.98 Å². The van der Waals surface area contributed by atoms with Gasteiger partial charge in [0.2, 0.25) is 5.89 Å². The van der Waals surface area contributed by atoms with Crippen molar-refractivity contribution in [2.24, 2.45) is 4.99 Å². The molecule has 1 aromatic rings. The lowest BCUT2D eigenvalue weighted by Crippen LogP contribution is -2.44. The van der Waals surface area contributed by atoms with E-state index in [2.05, 4.69) is 48.3 Å². The molecule has 1 aliphatic heterocycles. The minimum absolute atomic E-state index is 0.0481. The number of aliphatic imine (C=N–C) groups is 1. The van der Waals surface area contributed by atoms with Crippen molar-refractivity contribution in [2.75, 3.05) is 26.4 Å². The van der Waals surface area contributed by atoms with Crippen molar-refractivity contribution >= 4 is 5.96 Å². The van der Waals surface area contributed by atoms with Gasteiger partial charge in [-0.05, 0) is 20.3 Å². The van der Waals surface area contributed by atoms with Gasteiger partial charge in [-0.1, -0.05) is 20.8 Å². The highest BCUT2D eigenvalue weighted by molar-refractivity contribution is 5.79. The zero-order chi connectivity index (χ0) is 18.3. The molecule has 2 rings (SSSR count). The molecular weight excluding hydrogens is 320 g/mol. The molecule has 142 valence electrons. The van der Waals surface area contributed by atoms with Crippen LogP contribution in [0.15, 0.2) is 15.6 Å². The van der Waals surface area contributed by atoms with Gasteiger partial charge in [0, 0.05) is 24.6 Å². The SMILES string of the molecule is CCNC(=NCc1ncc(C(C)(C)C)o1)NC(C)COC1CCOC1. The van der Waals surface area contributed by atoms with Crippen molar-refractivity contribution in [3.63, 3.8) is 0 Å². The fourth-order valence-corrected chi connectivity index (χ4v) is 2.40. The van der Waals surface area contributed by atoms with E-state index in [9.17, 15) is 0 Å². The maximum absolute atomic E-state index is 5.85. The molecule has 2 atom stereocenters. The first-order valence-corrected chi connectivity index (χ1v) is 9.08. The van der Waals surface area contributed by atoms with Gasteiger partial charge in [-0.3, -0.25) is 0 Å². The number of nitrogens with one attached hydrogen (secondary N) is 2. The second-order valence-electron chi connectivity index (χ2n) is 7.43. The molecule has 0 amide bonds. The molecule has 2 heterocycles. The number of guanidine groups is 1. The third kappa shape index (κ3) is 6.66. The Bertz CT molecular complexity index is 545. The van der Waals surface area contributed by atoms with Crippen molar-refractivity contribution < 1.29 is 13.9 Å². The fourth-order valence-electron chi connectivity index (χ4n) is 2.40. The van der Waals surface area contributed by atoms with Crippen molar-refractivity contribution in [3.8, 4) is 0 Å². The zero-order valence-corrected chi connectivity index (χ0v) is 16.1. The number of ether oxygens (including phenoxy) is 2. The quantitative estimate of drug-likeness (QED) is 0.578. The second kappa shape index (κ2) is 9.20. The summed E-state index contributed by atoms with van der Waals surface area (Å²) in [6, 6.07) is 0.146. The van der Waals surface area contributed by atoms with Gasteiger partial charge < -0.3 is 24.5 Å². The molecule has 0 aromatic carbocycles. The molecule has 1 aromatic heterocycles. The van der Waals surface area contributed by atoms with E-state index >= 15 is 0 Å². The molecule has 0 spiro atoms. The summed E-state index contributed by atoms with van der Waals surface area (Å²) in [7, 11) is 0. The number of hydrogen-bond donors (Lipinski definition) is 2. The highest BCUT2D eigenvalue weighted by Gasteiger charge is 2.19. The van der Waals surface area contributed by atoms with Gasteiger partial charge in [0.15, 0.2) is 5.96 Å². The summed E-state index contributed by atoms with van der Waals surface area (Å²) in [6.07, 6.45) is 2.97. The Morgan fingerprint density at radius 1 is 1.48 bits per heavy atom. The lowest BCUT2D eigenvalue weighted by molar-refractivity contribution is 0.0347. The van der Waals surface area contributed by atoms with Gasteiger partial charge in [-0.15, -0.1) is 0 Å². The maximum Gasteiger partial charge on any atom is 0.216 e. The Kier molecular flexibility index (Phi) is 7.25. The second-order valence-corrected chi connectivity index (χ2v) is 7.43. The number of nitrogens with zero attached hydrogens (tertiary/aromatic N) is 2. The summed E-state index contributed by atoms with van der Waals surface area (Å²) in [5.41, 5.74) is -0.0481. The van der Waals surface area contributed by atoms with Crippen LogP contribution >= 0.6 is 0 Å². The van der Waals surface area contributed by atoms with Crippen LogP contribution in [0.4, 0.5) is 0 Å². The molecule has 1 fully saturated rings. The maximum atomic E-state index is 5.85. The van der Waals surface area contributed by atoms with Gasteiger partial charge in [0.25, 0.3) is 0 Å². The van der Waals surface area contributed by atoms with Crippen LogP contribution in [0.5, 0.6) is 0 Å². The van der Waals surface area contributed by atoms with E-state index in [1.807, 2.05) is 6.92 Å². The topological polar surface area (TPSA) is 80.9 Å². The smallest absolute Gasteiger partial charge is 0.216 e. The minimum atomic E-state index is -0.0481. The summed E-state index contributed by atoms with van der Waals surface area (Å²) in [5, 5.41) is 6.59. The molecule has 0 aliphatic carbocycles. The average Bonchev–Trinajstić information content (AvgIpc) is 3.22. The van der Waals surface area contributed by atoms with E-state index in [4.69, 9.17) is 13.9 Å². The molecular formula is C18H32N4O3. The molecule has 2 unspecified atom stereocenters. The van der Waals surface area contributed by atoms with E-state index in [1.54, 1.807) is 6.20 Å². The third-order valence-corrected chi connectivity index (χ3v) is 3.86. The highest BCUT2D eigenvalue weighted by atomic mass is 16.5. The molecule has 0 radical (unpaired) electrons. The van der Waals surface area contributed by atoms with Gasteiger partial charge in [0.05, 0.1) is 25.5 Å². The lowest BCUT2D eigenvalue weighted by atomic mass is 9.94. The highest BCUT2D eigenvalue weighted by Crippen LogP contribution is 2.22. The Hall–Kier alpha value is -1.60. The normalized spacial score (nSPS) is 19.9. The van der Waals surface area contributed by atoms with Crippen molar-refractivity contribution in [1.82, 2.24) is 15.6 Å². The predicted molar refractivity (Wildman–Crippen MR) is 97.8 cm³/mol. The Morgan fingerprint density at radius 2 is 2.28 bits per heavy atom. The Labute approximate surface area is 150 Å². The summed E-state index contributed by atoms with van der Waals surface area (Å²) in [6.45, 7) is 13.7. The summed E-state index contributed by atoms with van der Waals surface area (Å²) in [5.74, 6) is 2.22. The Balaban J connectivity index is 1.85. The van der Waals surface area contributed by atoms with E-state index in [-0.39, 0.29) is 17.6 Å². The van der Waals surface area contributed by atoms with E-state index in [1.165, 1.54) is 0 Å². The molecule has 7 nitrogen and oxygen atoms in total. The van der Waals surface area contributed by atoms with Crippen LogP contribution in [0.25, 0.3) is 0 Å². The molecule has 1 aliphatic rings. The molecule has 0 bridgehead atoms. The van der Waals surface area contributed by atoms with Crippen molar-refractivity contribution in [2.45, 2.75) is 65.1 Å². The molecule has 25 heavy (non-hydrogen) atoms. The van der Waals surface area contributed by atoms with E-state index < -0.39 is 0 Å². The van der Waals surface area contributed by atoms with Gasteiger partial charge in [0.1, 0.15) is 12.3 Å². The predicted octanol–water partition coefficient (Wildman–Crippen LogP) is 2.22. The molecule has 1 saturated heterocycles. The van der Waals surface area contributed by atoms with E-state index in [0.717, 1.165) is 31.3 Å². The standard InChI is InChI=1S/C18H32N4O3/c1-6-19-17(22-13(2)11-24-14-7-8-23-12-14)21-10-16-20-9-15(25-16)18(3,4)5/h9,13-14H,6-8,10-12H2,1-5H3,(H2,19,21,22). The summed E-state index contributed by atoms with van der Waals surface area (Å²) in [4.78, 5) is 8.87. The number of rotatable bonds is 7. The van der Waals surface area contributed by atoms with Gasteiger partial charge >= 0.3 is 0 Å². The Morgan fingerprint density at radius 3 is 2.88 bits per heavy atom. The van der Waals surface area contributed by atoms with Crippen molar-refractivity contribution in [1.29, 1.82) is 0 Å². The fraction of sp³-hybridized carbons (Fsp3) is 0.778. The first kappa shape index (κ1) is 19.7. The average molecular weight is 352 g/mol. The third-order valence-electron chi connectivity index (χ3n) is 3.86. The lowest BCUT2D eigenvalue weighted by Gasteiger charge is -2.19. The number of hydrogen-bond acceptors (Lipinski definition) is 5. The number of aromatic nitrogens is 1. The summed E-state index contributed by atoms with van der Waals surface area (Å²) >= 11 is 0. The van der Waals surface area contributed by atoms with Crippen LogP contribution in [0, 0.1) is 0 Å². The van der Waals surface area contributed by atoms with Crippen molar-refractivity contribution in [3.05, 3.63) is 17.8 Å². The monoisotopic (exact) mass is 352 g/mol. The molecule has 0 saturated carbocycles. The molecule has 2 N–H and O–H groups in total.